The van der Waals surface area contributed by atoms with Gasteiger partial charge in [0, 0.05) is 6.04 Å². The van der Waals surface area contributed by atoms with Crippen LogP contribution >= 0.6 is 0 Å². The van der Waals surface area contributed by atoms with Crippen LogP contribution in [0.4, 0.5) is 0 Å². The molecular formula is C14H26BNO2. The molecule has 102 valence electrons. The summed E-state index contributed by atoms with van der Waals surface area (Å²) < 4.78 is 12.1. The summed E-state index contributed by atoms with van der Waals surface area (Å²) in [7, 11) is -0.225. The third-order valence-corrected chi connectivity index (χ3v) is 4.91. The van der Waals surface area contributed by atoms with E-state index in [1.165, 1.54) is 5.47 Å². The van der Waals surface area contributed by atoms with Crippen molar-refractivity contribution < 1.29 is 9.31 Å². The van der Waals surface area contributed by atoms with Gasteiger partial charge in [-0.3, -0.25) is 0 Å². The summed E-state index contributed by atoms with van der Waals surface area (Å²) in [6.45, 7) is 12.8. The predicted octanol–water partition coefficient (Wildman–Crippen LogP) is 2.69. The molecule has 0 radical (unpaired) electrons. The summed E-state index contributed by atoms with van der Waals surface area (Å²) >= 11 is 0. The van der Waals surface area contributed by atoms with Crippen LogP contribution < -0.4 is 5.73 Å². The van der Waals surface area contributed by atoms with Gasteiger partial charge in [-0.2, -0.15) is 0 Å². The SMILES string of the molecule is CC1(C)CCC(B2OC(C)(C)C(C)(C)O2)=CC1N. The molecule has 1 fully saturated rings. The van der Waals surface area contributed by atoms with Crippen LogP contribution in [0.15, 0.2) is 11.5 Å². The quantitative estimate of drug-likeness (QED) is 0.729. The summed E-state index contributed by atoms with van der Waals surface area (Å²) in [6, 6.07) is 0.0836. The first kappa shape index (κ1) is 14.1. The summed E-state index contributed by atoms with van der Waals surface area (Å²) in [4.78, 5) is 0. The van der Waals surface area contributed by atoms with Crippen molar-refractivity contribution in [2.45, 2.75) is 71.6 Å². The maximum atomic E-state index is 6.22. The van der Waals surface area contributed by atoms with Crippen LogP contribution in [0.1, 0.15) is 54.4 Å². The van der Waals surface area contributed by atoms with Gasteiger partial charge in [-0.25, -0.2) is 0 Å². The Morgan fingerprint density at radius 1 is 1.11 bits per heavy atom. The molecule has 0 aromatic rings. The lowest BCUT2D eigenvalue weighted by molar-refractivity contribution is 0.00578. The monoisotopic (exact) mass is 251 g/mol. The summed E-state index contributed by atoms with van der Waals surface area (Å²) in [5.41, 5.74) is 7.06. The molecule has 1 atom stereocenters. The number of hydrogen-bond acceptors (Lipinski definition) is 3. The fourth-order valence-electron chi connectivity index (χ4n) is 2.36. The van der Waals surface area contributed by atoms with E-state index in [2.05, 4.69) is 47.6 Å². The lowest BCUT2D eigenvalue weighted by atomic mass is 9.65. The molecule has 1 aliphatic heterocycles. The summed E-state index contributed by atoms with van der Waals surface area (Å²) in [6.07, 6.45) is 4.24. The van der Waals surface area contributed by atoms with Gasteiger partial charge in [0.15, 0.2) is 0 Å². The summed E-state index contributed by atoms with van der Waals surface area (Å²) in [5.74, 6) is 0. The molecule has 2 aliphatic rings. The Labute approximate surface area is 111 Å². The second kappa shape index (κ2) is 4.09. The van der Waals surface area contributed by atoms with Crippen molar-refractivity contribution in [2.75, 3.05) is 0 Å². The third-order valence-electron chi connectivity index (χ3n) is 4.91. The van der Waals surface area contributed by atoms with E-state index >= 15 is 0 Å². The highest BCUT2D eigenvalue weighted by molar-refractivity contribution is 6.54. The van der Waals surface area contributed by atoms with Gasteiger partial charge in [0.05, 0.1) is 11.2 Å². The Hall–Kier alpha value is -0.315. The van der Waals surface area contributed by atoms with Crippen LogP contribution in [-0.2, 0) is 9.31 Å². The molecule has 4 heteroatoms. The zero-order valence-corrected chi connectivity index (χ0v) is 12.5. The molecule has 1 saturated heterocycles. The van der Waals surface area contributed by atoms with Crippen molar-refractivity contribution in [3.8, 4) is 0 Å². The molecule has 2 rings (SSSR count). The highest BCUT2D eigenvalue weighted by Crippen LogP contribution is 2.42. The molecule has 3 nitrogen and oxygen atoms in total. The van der Waals surface area contributed by atoms with E-state index in [0.717, 1.165) is 12.8 Å². The number of nitrogens with two attached hydrogens (primary N) is 1. The molecule has 18 heavy (non-hydrogen) atoms. The minimum absolute atomic E-state index is 0.0836. The fraction of sp³-hybridized carbons (Fsp3) is 0.857. The zero-order valence-electron chi connectivity index (χ0n) is 12.5. The number of hydrogen-bond donors (Lipinski definition) is 1. The van der Waals surface area contributed by atoms with Gasteiger partial charge < -0.3 is 15.0 Å². The minimum atomic E-state index is -0.268. The molecule has 0 aromatic heterocycles. The average Bonchev–Trinajstić information content (AvgIpc) is 2.41. The fourth-order valence-corrected chi connectivity index (χ4v) is 2.36. The summed E-state index contributed by atoms with van der Waals surface area (Å²) in [5, 5.41) is 0. The molecular weight excluding hydrogens is 225 g/mol. The first-order chi connectivity index (χ1) is 8.05. The van der Waals surface area contributed by atoms with E-state index in [-0.39, 0.29) is 29.8 Å². The van der Waals surface area contributed by atoms with E-state index in [9.17, 15) is 0 Å². The Morgan fingerprint density at radius 2 is 1.61 bits per heavy atom. The highest BCUT2D eigenvalue weighted by Gasteiger charge is 2.52. The molecule has 0 spiro atoms. The standard InChI is InChI=1S/C14H26BNO2/c1-12(2)8-7-10(9-11(12)16)15-17-13(3,4)14(5,6)18-15/h9,11H,7-8,16H2,1-6H3. The van der Waals surface area contributed by atoms with Crippen molar-refractivity contribution in [2.24, 2.45) is 11.1 Å². The Kier molecular flexibility index (Phi) is 3.20. The van der Waals surface area contributed by atoms with E-state index in [1.807, 2.05) is 0 Å². The van der Waals surface area contributed by atoms with Gasteiger partial charge in [0.2, 0.25) is 0 Å². The Balaban J connectivity index is 2.17. The van der Waals surface area contributed by atoms with Crippen molar-refractivity contribution in [1.82, 2.24) is 0 Å². The molecule has 1 aliphatic carbocycles. The predicted molar refractivity (Wildman–Crippen MR) is 75.2 cm³/mol. The van der Waals surface area contributed by atoms with E-state index in [4.69, 9.17) is 15.0 Å². The number of allylic oxidation sites excluding steroid dienone is 1. The minimum Gasteiger partial charge on any atom is -0.400 e. The van der Waals surface area contributed by atoms with E-state index in [0.29, 0.717) is 0 Å². The van der Waals surface area contributed by atoms with Gasteiger partial charge >= 0.3 is 7.12 Å². The van der Waals surface area contributed by atoms with Crippen LogP contribution in [0.5, 0.6) is 0 Å². The van der Waals surface area contributed by atoms with E-state index < -0.39 is 0 Å². The average molecular weight is 251 g/mol. The second-order valence-electron chi connectivity index (χ2n) is 7.34. The van der Waals surface area contributed by atoms with Crippen LogP contribution in [0.2, 0.25) is 0 Å². The maximum Gasteiger partial charge on any atom is 0.490 e. The highest BCUT2D eigenvalue weighted by atomic mass is 16.7. The van der Waals surface area contributed by atoms with E-state index in [1.54, 1.807) is 0 Å². The Morgan fingerprint density at radius 3 is 2.06 bits per heavy atom. The topological polar surface area (TPSA) is 44.5 Å². The zero-order chi connectivity index (χ0) is 13.8. The molecule has 2 N–H and O–H groups in total. The van der Waals surface area contributed by atoms with Crippen molar-refractivity contribution in [3.05, 3.63) is 11.5 Å². The van der Waals surface area contributed by atoms with Gasteiger partial charge in [-0.05, 0) is 51.4 Å². The smallest absolute Gasteiger partial charge is 0.400 e. The van der Waals surface area contributed by atoms with Gasteiger partial charge in [0.1, 0.15) is 0 Å². The molecule has 0 amide bonds. The van der Waals surface area contributed by atoms with Crippen LogP contribution in [0, 0.1) is 5.41 Å². The van der Waals surface area contributed by atoms with Crippen LogP contribution in [-0.4, -0.2) is 24.4 Å². The van der Waals surface area contributed by atoms with Crippen molar-refractivity contribution >= 4 is 7.12 Å². The first-order valence-electron chi connectivity index (χ1n) is 6.87. The maximum absolute atomic E-state index is 6.22. The van der Waals surface area contributed by atoms with Gasteiger partial charge in [-0.15, -0.1) is 0 Å². The molecule has 1 heterocycles. The third kappa shape index (κ3) is 2.26. The molecule has 0 saturated carbocycles. The molecule has 0 bridgehead atoms. The normalized spacial score (nSPS) is 33.4. The van der Waals surface area contributed by atoms with Crippen molar-refractivity contribution in [1.29, 1.82) is 0 Å². The van der Waals surface area contributed by atoms with Crippen LogP contribution in [0.25, 0.3) is 0 Å². The first-order valence-corrected chi connectivity index (χ1v) is 6.87. The lowest BCUT2D eigenvalue weighted by Gasteiger charge is -2.35. The Bertz CT molecular complexity index is 358. The largest absolute Gasteiger partial charge is 0.490 e. The van der Waals surface area contributed by atoms with Gasteiger partial charge in [-0.1, -0.05) is 19.9 Å². The molecule has 1 unspecified atom stereocenters. The number of rotatable bonds is 1. The molecule has 0 aromatic carbocycles. The van der Waals surface area contributed by atoms with Gasteiger partial charge in [0.25, 0.3) is 0 Å². The van der Waals surface area contributed by atoms with Crippen LogP contribution in [0.3, 0.4) is 0 Å². The lowest BCUT2D eigenvalue weighted by Crippen LogP contribution is -2.41. The van der Waals surface area contributed by atoms with Crippen molar-refractivity contribution in [3.63, 3.8) is 0 Å². The second-order valence-corrected chi connectivity index (χ2v) is 7.34.